The second-order valence-corrected chi connectivity index (χ2v) is 5.43. The van der Waals surface area contributed by atoms with Crippen LogP contribution < -0.4 is 10.6 Å². The first-order valence-electron chi connectivity index (χ1n) is 7.82. The molecule has 0 saturated heterocycles. The van der Waals surface area contributed by atoms with Gasteiger partial charge in [-0.1, -0.05) is 36.4 Å². The molecule has 0 bridgehead atoms. The van der Waals surface area contributed by atoms with Gasteiger partial charge in [0.2, 0.25) is 5.91 Å². The Balaban J connectivity index is 1.51. The quantitative estimate of drug-likeness (QED) is 0.733. The zero-order valence-electron chi connectivity index (χ0n) is 13.1. The van der Waals surface area contributed by atoms with Crippen LogP contribution in [0.15, 0.2) is 60.8 Å². The summed E-state index contributed by atoms with van der Waals surface area (Å²) in [6.07, 6.45) is 2.19. The molecule has 5 heteroatoms. The Labute approximate surface area is 139 Å². The SMILES string of the molecule is O=C(CNc1cccc2cccnc12)NCCc1ccccc1F. The van der Waals surface area contributed by atoms with Gasteiger partial charge in [-0.25, -0.2) is 4.39 Å². The van der Waals surface area contributed by atoms with E-state index in [1.54, 1.807) is 24.4 Å². The third-order valence-corrected chi connectivity index (χ3v) is 3.75. The van der Waals surface area contributed by atoms with Crippen LogP contribution >= 0.6 is 0 Å². The lowest BCUT2D eigenvalue weighted by Crippen LogP contribution is -2.31. The summed E-state index contributed by atoms with van der Waals surface area (Å²) in [5.74, 6) is -0.383. The fourth-order valence-corrected chi connectivity index (χ4v) is 2.52. The van der Waals surface area contributed by atoms with Crippen LogP contribution in [0.25, 0.3) is 10.9 Å². The molecule has 1 amide bonds. The smallest absolute Gasteiger partial charge is 0.239 e. The second kappa shape index (κ2) is 7.55. The lowest BCUT2D eigenvalue weighted by atomic mass is 10.1. The van der Waals surface area contributed by atoms with E-state index in [0.717, 1.165) is 16.6 Å². The Hall–Kier alpha value is -2.95. The molecule has 2 aromatic carbocycles. The topological polar surface area (TPSA) is 54.0 Å². The standard InChI is InChI=1S/C19H18FN3O/c20-16-8-2-1-5-14(16)10-12-21-18(24)13-23-17-9-3-6-15-7-4-11-22-19(15)17/h1-9,11,23H,10,12-13H2,(H,21,24). The van der Waals surface area contributed by atoms with Crippen LogP contribution in [0, 0.1) is 5.82 Å². The van der Waals surface area contributed by atoms with E-state index >= 15 is 0 Å². The van der Waals surface area contributed by atoms with Gasteiger partial charge in [0.1, 0.15) is 5.82 Å². The van der Waals surface area contributed by atoms with E-state index in [1.807, 2.05) is 30.3 Å². The van der Waals surface area contributed by atoms with Gasteiger partial charge in [-0.15, -0.1) is 0 Å². The summed E-state index contributed by atoms with van der Waals surface area (Å²) in [5, 5.41) is 6.90. The fourth-order valence-electron chi connectivity index (χ4n) is 2.52. The normalized spacial score (nSPS) is 10.5. The van der Waals surface area contributed by atoms with Gasteiger partial charge >= 0.3 is 0 Å². The number of pyridine rings is 1. The number of aromatic nitrogens is 1. The molecule has 0 aliphatic carbocycles. The predicted molar refractivity (Wildman–Crippen MR) is 93.3 cm³/mol. The number of para-hydroxylation sites is 1. The summed E-state index contributed by atoms with van der Waals surface area (Å²) in [6, 6.07) is 16.2. The number of amides is 1. The number of halogens is 1. The van der Waals surface area contributed by atoms with Crippen molar-refractivity contribution in [2.75, 3.05) is 18.4 Å². The number of nitrogens with zero attached hydrogens (tertiary/aromatic N) is 1. The highest BCUT2D eigenvalue weighted by Gasteiger charge is 2.05. The summed E-state index contributed by atoms with van der Waals surface area (Å²) < 4.78 is 13.5. The Bertz CT molecular complexity index is 845. The first-order valence-corrected chi connectivity index (χ1v) is 7.82. The van der Waals surface area contributed by atoms with Crippen molar-refractivity contribution in [3.8, 4) is 0 Å². The summed E-state index contributed by atoms with van der Waals surface area (Å²) in [7, 11) is 0. The fraction of sp³-hybridized carbons (Fsp3) is 0.158. The van der Waals surface area contributed by atoms with Gasteiger partial charge in [-0.2, -0.15) is 0 Å². The number of benzene rings is 2. The molecule has 0 radical (unpaired) electrons. The van der Waals surface area contributed by atoms with Crippen molar-refractivity contribution in [1.82, 2.24) is 10.3 Å². The molecule has 0 aliphatic rings. The zero-order valence-corrected chi connectivity index (χ0v) is 13.1. The molecule has 1 aromatic heterocycles. The van der Waals surface area contributed by atoms with Crippen LogP contribution in [0.2, 0.25) is 0 Å². The average molecular weight is 323 g/mol. The molecule has 24 heavy (non-hydrogen) atoms. The van der Waals surface area contributed by atoms with E-state index in [9.17, 15) is 9.18 Å². The van der Waals surface area contributed by atoms with Gasteiger partial charge < -0.3 is 10.6 Å². The minimum atomic E-state index is -0.244. The maximum absolute atomic E-state index is 13.5. The van der Waals surface area contributed by atoms with Crippen molar-refractivity contribution in [1.29, 1.82) is 0 Å². The maximum Gasteiger partial charge on any atom is 0.239 e. The monoisotopic (exact) mass is 323 g/mol. The van der Waals surface area contributed by atoms with Crippen molar-refractivity contribution in [2.45, 2.75) is 6.42 Å². The molecular formula is C19H18FN3O. The van der Waals surface area contributed by atoms with Crippen LogP contribution in [0.3, 0.4) is 0 Å². The number of carbonyl (C=O) groups is 1. The van der Waals surface area contributed by atoms with Crippen LogP contribution in [0.1, 0.15) is 5.56 Å². The van der Waals surface area contributed by atoms with Crippen molar-refractivity contribution in [3.05, 3.63) is 72.2 Å². The van der Waals surface area contributed by atoms with Gasteiger partial charge in [-0.3, -0.25) is 9.78 Å². The number of fused-ring (bicyclic) bond motifs is 1. The molecule has 122 valence electrons. The molecule has 0 aliphatic heterocycles. The molecule has 2 N–H and O–H groups in total. The van der Waals surface area contributed by atoms with Crippen LogP contribution in [-0.4, -0.2) is 24.0 Å². The predicted octanol–water partition coefficient (Wildman–Crippen LogP) is 3.14. The van der Waals surface area contributed by atoms with E-state index in [2.05, 4.69) is 15.6 Å². The van der Waals surface area contributed by atoms with Crippen LogP contribution in [0.5, 0.6) is 0 Å². The van der Waals surface area contributed by atoms with Gasteiger partial charge in [-0.05, 0) is 30.2 Å². The molecule has 3 aromatic rings. The number of nitrogens with one attached hydrogen (secondary N) is 2. The van der Waals surface area contributed by atoms with Crippen LogP contribution in [0.4, 0.5) is 10.1 Å². The van der Waals surface area contributed by atoms with E-state index in [1.165, 1.54) is 6.07 Å². The molecule has 1 heterocycles. The molecule has 0 unspecified atom stereocenters. The second-order valence-electron chi connectivity index (χ2n) is 5.43. The summed E-state index contributed by atoms with van der Waals surface area (Å²) in [6.45, 7) is 0.544. The number of anilines is 1. The number of hydrogen-bond acceptors (Lipinski definition) is 3. The Kier molecular flexibility index (Phi) is 5.01. The largest absolute Gasteiger partial charge is 0.374 e. The number of hydrogen-bond donors (Lipinski definition) is 2. The third-order valence-electron chi connectivity index (χ3n) is 3.75. The van der Waals surface area contributed by atoms with E-state index in [-0.39, 0.29) is 18.3 Å². The lowest BCUT2D eigenvalue weighted by Gasteiger charge is -2.10. The van der Waals surface area contributed by atoms with Crippen molar-refractivity contribution in [2.24, 2.45) is 0 Å². The van der Waals surface area contributed by atoms with E-state index in [0.29, 0.717) is 18.5 Å². The van der Waals surface area contributed by atoms with Gasteiger partial charge in [0.05, 0.1) is 17.7 Å². The van der Waals surface area contributed by atoms with E-state index < -0.39 is 0 Å². The molecule has 0 atom stereocenters. The minimum Gasteiger partial charge on any atom is -0.374 e. The minimum absolute atomic E-state index is 0.140. The summed E-state index contributed by atoms with van der Waals surface area (Å²) >= 11 is 0. The number of carbonyl (C=O) groups excluding carboxylic acids is 1. The highest BCUT2D eigenvalue weighted by Crippen LogP contribution is 2.20. The summed E-state index contributed by atoms with van der Waals surface area (Å²) in [5.41, 5.74) is 2.25. The molecule has 4 nitrogen and oxygen atoms in total. The summed E-state index contributed by atoms with van der Waals surface area (Å²) in [4.78, 5) is 16.3. The highest BCUT2D eigenvalue weighted by molar-refractivity contribution is 5.92. The first kappa shape index (κ1) is 15.9. The zero-order chi connectivity index (χ0) is 16.8. The Morgan fingerprint density at radius 3 is 2.75 bits per heavy atom. The average Bonchev–Trinajstić information content (AvgIpc) is 2.61. The van der Waals surface area contributed by atoms with Crippen molar-refractivity contribution in [3.63, 3.8) is 0 Å². The number of rotatable bonds is 6. The molecule has 0 saturated carbocycles. The highest BCUT2D eigenvalue weighted by atomic mass is 19.1. The Morgan fingerprint density at radius 2 is 1.88 bits per heavy atom. The maximum atomic E-state index is 13.5. The van der Waals surface area contributed by atoms with Gasteiger partial charge in [0.15, 0.2) is 0 Å². The van der Waals surface area contributed by atoms with E-state index in [4.69, 9.17) is 0 Å². The first-order chi connectivity index (χ1) is 11.7. The molecular weight excluding hydrogens is 305 g/mol. The van der Waals surface area contributed by atoms with Crippen molar-refractivity contribution < 1.29 is 9.18 Å². The van der Waals surface area contributed by atoms with Crippen LogP contribution in [-0.2, 0) is 11.2 Å². The molecule has 3 rings (SSSR count). The lowest BCUT2D eigenvalue weighted by molar-refractivity contribution is -0.119. The Morgan fingerprint density at radius 1 is 1.04 bits per heavy atom. The van der Waals surface area contributed by atoms with Gasteiger partial charge in [0.25, 0.3) is 0 Å². The van der Waals surface area contributed by atoms with Crippen molar-refractivity contribution >= 4 is 22.5 Å². The third kappa shape index (κ3) is 3.87. The molecule has 0 spiro atoms. The van der Waals surface area contributed by atoms with Gasteiger partial charge in [0, 0.05) is 18.1 Å². The molecule has 0 fully saturated rings.